The maximum Gasteiger partial charge on any atom is 0.491 e. The predicted octanol–water partition coefficient (Wildman–Crippen LogP) is 3.25. The summed E-state index contributed by atoms with van der Waals surface area (Å²) < 4.78 is 8.51. The molecule has 0 spiro atoms. The molecule has 1 atom stereocenters. The van der Waals surface area contributed by atoms with Crippen molar-refractivity contribution in [2.45, 2.75) is 0 Å². The van der Waals surface area contributed by atoms with Crippen molar-refractivity contribution in [3.63, 3.8) is 0 Å². The van der Waals surface area contributed by atoms with Crippen molar-refractivity contribution in [1.82, 2.24) is 0 Å². The van der Waals surface area contributed by atoms with E-state index in [9.17, 15) is 0 Å². The van der Waals surface area contributed by atoms with Gasteiger partial charge in [-0.05, 0) is 26.8 Å². The molecule has 3 rings (SSSR count). The third-order valence-corrected chi connectivity index (χ3v) is 2.43. The molecule has 0 amide bonds. The molecule has 0 radical (unpaired) electrons. The highest BCUT2D eigenvalue weighted by atomic mass is 31.1. The van der Waals surface area contributed by atoms with Gasteiger partial charge in [0.1, 0.15) is 0 Å². The first-order valence-corrected chi connectivity index (χ1v) is 5.44. The fraction of sp³-hybridized carbons (Fsp3) is 0. The monoisotopic (exact) mass is 217 g/mol. The highest BCUT2D eigenvalue weighted by Crippen LogP contribution is 2.46. The van der Waals surface area contributed by atoms with Crippen LogP contribution in [-0.4, -0.2) is 4.89 Å². The van der Waals surface area contributed by atoms with Crippen molar-refractivity contribution >= 4 is 8.69 Å². The van der Waals surface area contributed by atoms with Crippen molar-refractivity contribution in [3.8, 4) is 22.3 Å². The van der Waals surface area contributed by atoms with E-state index >= 15 is 0 Å². The van der Waals surface area contributed by atoms with Crippen LogP contribution in [0.15, 0.2) is 48.5 Å². The third kappa shape index (κ3) is 1.70. The van der Waals surface area contributed by atoms with Gasteiger partial charge in [0.15, 0.2) is 0 Å². The maximum atomic E-state index is 8.51. The van der Waals surface area contributed by atoms with Crippen molar-refractivity contribution in [2.24, 2.45) is 0 Å². The highest BCUT2D eigenvalue weighted by Gasteiger charge is 2.19. The zero-order valence-electron chi connectivity index (χ0n) is 7.97. The summed E-state index contributed by atoms with van der Waals surface area (Å²) in [5, 5.41) is 0. The van der Waals surface area contributed by atoms with Gasteiger partial charge in [0.2, 0.25) is 0 Å². The molecule has 2 nitrogen and oxygen atoms in total. The first-order chi connectivity index (χ1) is 7.38. The Bertz CT molecular complexity index is 394. The fourth-order valence-electron chi connectivity index (χ4n) is 1.84. The second-order valence-corrected chi connectivity index (χ2v) is 3.37. The average Bonchev–Trinajstić information content (AvgIpc) is 2.27. The van der Waals surface area contributed by atoms with Crippen molar-refractivity contribution in [2.75, 3.05) is 0 Å². The molecule has 15 heavy (non-hydrogen) atoms. The van der Waals surface area contributed by atoms with E-state index in [1.807, 2.05) is 0 Å². The molecule has 0 bridgehead atoms. The van der Waals surface area contributed by atoms with E-state index in [1.165, 1.54) is 22.3 Å². The Morgan fingerprint density at radius 3 is 1.13 bits per heavy atom. The molecule has 1 N–H and O–H groups in total. The minimum Gasteiger partial charge on any atom is -0.162 e. The minimum atomic E-state index is -1.17. The smallest absolute Gasteiger partial charge is 0.162 e. The number of fused-ring (bicyclic) bond motifs is 4. The van der Waals surface area contributed by atoms with Crippen LogP contribution >= 0.6 is 8.69 Å². The lowest BCUT2D eigenvalue weighted by Gasteiger charge is -2.22. The van der Waals surface area contributed by atoms with Crippen LogP contribution in [0, 0.1) is 0 Å². The lowest BCUT2D eigenvalue weighted by Crippen LogP contribution is -1.96. The van der Waals surface area contributed by atoms with Gasteiger partial charge in [-0.2, -0.15) is 4.89 Å². The van der Waals surface area contributed by atoms with E-state index in [1.54, 1.807) is 0 Å². The fourth-order valence-corrected chi connectivity index (χ4v) is 1.84. The van der Waals surface area contributed by atoms with Crippen LogP contribution in [0.5, 0.6) is 0 Å². The van der Waals surface area contributed by atoms with Gasteiger partial charge in [-0.25, -0.2) is 0 Å². The molecule has 0 aromatic heterocycles. The van der Waals surface area contributed by atoms with Gasteiger partial charge in [0, 0.05) is 0 Å². The quantitative estimate of drug-likeness (QED) is 0.587. The summed E-state index contributed by atoms with van der Waals surface area (Å²) in [7, 11) is -1.17. The molecule has 1 aliphatic carbocycles. The average molecular weight is 217 g/mol. The van der Waals surface area contributed by atoms with E-state index < -0.39 is 8.69 Å². The summed E-state index contributed by atoms with van der Waals surface area (Å²) in [6.07, 6.45) is 0. The van der Waals surface area contributed by atoms with Crippen molar-refractivity contribution in [1.29, 1.82) is 0 Å². The number of hydrogen-bond donors (Lipinski definition) is 1. The van der Waals surface area contributed by atoms with Gasteiger partial charge in [-0.3, -0.25) is 0 Å². The second kappa shape index (κ2) is 4.35. The molecule has 2 aromatic carbocycles. The summed E-state index contributed by atoms with van der Waals surface area (Å²) in [6, 6.07) is 17.1. The van der Waals surface area contributed by atoms with Gasteiger partial charge < -0.3 is 0 Å². The second-order valence-electron chi connectivity index (χ2n) is 3.18. The van der Waals surface area contributed by atoms with Crippen molar-refractivity contribution in [3.05, 3.63) is 48.5 Å². The van der Waals surface area contributed by atoms with E-state index in [-0.39, 0.29) is 0 Å². The van der Waals surface area contributed by atoms with E-state index in [0.717, 1.165) is 0 Å². The van der Waals surface area contributed by atoms with E-state index in [2.05, 4.69) is 48.5 Å². The Labute approximate surface area is 89.5 Å². The molecule has 0 fully saturated rings. The summed E-state index contributed by atoms with van der Waals surface area (Å²) in [5.41, 5.74) is 5.59. The van der Waals surface area contributed by atoms with Gasteiger partial charge in [0.25, 0.3) is 0 Å². The van der Waals surface area contributed by atoms with Crippen LogP contribution in [0.4, 0.5) is 0 Å². The molecule has 74 valence electrons. The number of rotatable bonds is 0. The summed E-state index contributed by atoms with van der Waals surface area (Å²) in [6.45, 7) is 0. The Hall–Kier alpha value is -1.50. The highest BCUT2D eigenvalue weighted by molar-refractivity contribution is 7.16. The Balaban J connectivity index is 0.000000258. The minimum absolute atomic E-state index is 1.17. The van der Waals surface area contributed by atoms with Crippen LogP contribution < -0.4 is 0 Å². The summed E-state index contributed by atoms with van der Waals surface area (Å²) in [5.74, 6) is 0. The molecule has 2 aromatic rings. The van der Waals surface area contributed by atoms with Gasteiger partial charge in [-0.1, -0.05) is 48.5 Å². The van der Waals surface area contributed by atoms with Crippen LogP contribution in [0.1, 0.15) is 0 Å². The van der Waals surface area contributed by atoms with Crippen molar-refractivity contribution < 1.29 is 9.46 Å². The summed E-state index contributed by atoms with van der Waals surface area (Å²) in [4.78, 5) is 7.04. The topological polar surface area (TPSA) is 37.3 Å². The first-order valence-electron chi connectivity index (χ1n) is 4.58. The largest absolute Gasteiger partial charge is 0.491 e. The standard InChI is InChI=1S/C12H8.HO2P/c1-2-6-10-9(5-1)11-7-3-4-8-12(10)11;1-3-2/h1-8H;3H/p+1. The SMILES string of the molecule is O=[PH+]O.c1ccc2c(c1)-c1ccccc1-2. The third-order valence-electron chi connectivity index (χ3n) is 2.43. The molecule has 0 heterocycles. The normalized spacial score (nSPS) is 10.5. The van der Waals surface area contributed by atoms with Crippen LogP contribution in [-0.2, 0) is 4.57 Å². The molecule has 0 saturated carbocycles. The van der Waals surface area contributed by atoms with Gasteiger partial charge in [-0.15, -0.1) is 0 Å². The Morgan fingerprint density at radius 1 is 0.733 bits per heavy atom. The van der Waals surface area contributed by atoms with Gasteiger partial charge >= 0.3 is 8.69 Å². The number of hydrogen-bond acceptors (Lipinski definition) is 1. The predicted molar refractivity (Wildman–Crippen MR) is 62.1 cm³/mol. The molecule has 3 heteroatoms. The molecule has 0 aliphatic heterocycles. The van der Waals surface area contributed by atoms with Crippen LogP contribution in [0.3, 0.4) is 0 Å². The Kier molecular flexibility index (Phi) is 2.91. The van der Waals surface area contributed by atoms with E-state index in [4.69, 9.17) is 9.46 Å². The molecular weight excluding hydrogens is 207 g/mol. The van der Waals surface area contributed by atoms with E-state index in [0.29, 0.717) is 0 Å². The summed E-state index contributed by atoms with van der Waals surface area (Å²) >= 11 is 0. The van der Waals surface area contributed by atoms with Crippen LogP contribution in [0.25, 0.3) is 22.3 Å². The lowest BCUT2D eigenvalue weighted by molar-refractivity contribution is 0.524. The lowest BCUT2D eigenvalue weighted by atomic mass is 9.81. The first kappa shape index (κ1) is 10.0. The van der Waals surface area contributed by atoms with Crippen LogP contribution in [0.2, 0.25) is 0 Å². The zero-order chi connectivity index (χ0) is 10.7. The maximum absolute atomic E-state index is 8.51. The molecule has 0 saturated heterocycles. The molecule has 1 unspecified atom stereocenters. The zero-order valence-corrected chi connectivity index (χ0v) is 8.97. The number of benzene rings is 2. The molecule has 1 aliphatic rings. The van der Waals surface area contributed by atoms with Gasteiger partial charge in [0.05, 0.1) is 0 Å². The Morgan fingerprint density at radius 2 is 0.933 bits per heavy atom. The molecular formula is C12H10O2P+.